The molecule has 2 heterocycles. The predicted octanol–water partition coefficient (Wildman–Crippen LogP) is 0.260. The molecule has 1 aliphatic rings. The van der Waals surface area contributed by atoms with E-state index in [0.29, 0.717) is 0 Å². The van der Waals surface area contributed by atoms with Gasteiger partial charge in [0.2, 0.25) is 0 Å². The zero-order valence-corrected chi connectivity index (χ0v) is 13.3. The Morgan fingerprint density at radius 2 is 1.87 bits per heavy atom. The average molecular weight is 334 g/mol. The molecule has 1 aromatic heterocycles. The maximum atomic E-state index is 10.1. The second-order valence-corrected chi connectivity index (χ2v) is 6.44. The first kappa shape index (κ1) is 16.3. The van der Waals surface area contributed by atoms with Gasteiger partial charge in [0.15, 0.2) is 18.5 Å². The number of aliphatic hydroxyl groups excluding tert-OH is 3. The number of hydrogen-bond acceptors (Lipinski definition) is 4. The number of aromatic nitrogens is 1. The van der Waals surface area contributed by atoms with Crippen LogP contribution in [0.15, 0.2) is 59.8 Å². The number of pyridine rings is 1. The van der Waals surface area contributed by atoms with Crippen molar-refractivity contribution in [2.24, 2.45) is 0 Å². The molecule has 1 aliphatic heterocycles. The fourth-order valence-electron chi connectivity index (χ4n) is 2.54. The summed E-state index contributed by atoms with van der Waals surface area (Å²) in [4.78, 5) is 1.19. The van der Waals surface area contributed by atoms with E-state index in [4.69, 9.17) is 4.74 Å². The number of benzene rings is 1. The van der Waals surface area contributed by atoms with Crippen molar-refractivity contribution < 1.29 is 24.6 Å². The Morgan fingerprint density at radius 1 is 1.09 bits per heavy atom. The van der Waals surface area contributed by atoms with Gasteiger partial charge in [-0.15, -0.1) is 0 Å². The number of nitrogens with zero attached hydrogens (tertiary/aromatic N) is 1. The summed E-state index contributed by atoms with van der Waals surface area (Å²) in [5.74, 6) is 0. The van der Waals surface area contributed by atoms with Crippen LogP contribution in [0.2, 0.25) is 0 Å². The third kappa shape index (κ3) is 3.68. The van der Waals surface area contributed by atoms with Crippen molar-refractivity contribution in [3.05, 3.63) is 60.4 Å². The fourth-order valence-corrected chi connectivity index (χ4v) is 3.33. The molecule has 0 amide bonds. The Bertz CT molecular complexity index is 679. The first-order valence-electron chi connectivity index (χ1n) is 7.41. The van der Waals surface area contributed by atoms with Crippen LogP contribution < -0.4 is 4.57 Å². The van der Waals surface area contributed by atoms with E-state index in [0.717, 1.165) is 16.9 Å². The molecular weight excluding hydrogens is 314 g/mol. The molecule has 1 fully saturated rings. The largest absolute Gasteiger partial charge is 0.394 e. The lowest BCUT2D eigenvalue weighted by molar-refractivity contribution is -0.765. The van der Waals surface area contributed by atoms with Gasteiger partial charge in [-0.05, 0) is 28.5 Å². The number of hydrogen-bond donors (Lipinski definition) is 4. The first-order valence-corrected chi connectivity index (χ1v) is 8.38. The lowest BCUT2D eigenvalue weighted by Crippen LogP contribution is -2.46. The van der Waals surface area contributed by atoms with Crippen LogP contribution in [0.4, 0.5) is 0 Å². The molecule has 1 saturated heterocycles. The quantitative estimate of drug-likeness (QED) is 0.368. The highest BCUT2D eigenvalue weighted by molar-refractivity contribution is 7.97. The normalized spacial score (nSPS) is 28.0. The molecule has 4 atom stereocenters. The third-order valence-electron chi connectivity index (χ3n) is 3.77. The minimum Gasteiger partial charge on any atom is -0.394 e. The second kappa shape index (κ2) is 7.33. The highest BCUT2D eigenvalue weighted by Crippen LogP contribution is 2.25. The summed E-state index contributed by atoms with van der Waals surface area (Å²) >= 11 is 1.07. The molecule has 2 aromatic rings. The number of rotatable bonds is 4. The van der Waals surface area contributed by atoms with Crippen LogP contribution in [0, 0.1) is 0 Å². The monoisotopic (exact) mass is 334 g/mol. The van der Waals surface area contributed by atoms with Gasteiger partial charge in [-0.25, -0.2) is 0 Å². The summed E-state index contributed by atoms with van der Waals surface area (Å²) in [5.41, 5.74) is 0.982. The molecule has 23 heavy (non-hydrogen) atoms. The van der Waals surface area contributed by atoms with E-state index in [9.17, 15) is 15.3 Å². The van der Waals surface area contributed by atoms with E-state index >= 15 is 0 Å². The molecule has 3 N–H and O–H groups in total. The van der Waals surface area contributed by atoms with Gasteiger partial charge in [0.25, 0.3) is 6.23 Å². The minimum atomic E-state index is -1.09. The highest BCUT2D eigenvalue weighted by atomic mass is 32.1. The van der Waals surface area contributed by atoms with E-state index in [2.05, 4.69) is 17.5 Å². The summed E-state index contributed by atoms with van der Waals surface area (Å²) < 4.78 is 7.25. The molecule has 0 radical (unpaired) electrons. The average Bonchev–Trinajstić information content (AvgIpc) is 2.89. The van der Waals surface area contributed by atoms with Gasteiger partial charge >= 0.3 is 0 Å². The molecule has 6 heteroatoms. The smallest absolute Gasteiger partial charge is 0.292 e. The van der Waals surface area contributed by atoms with Crippen LogP contribution in [0.1, 0.15) is 11.8 Å². The number of ether oxygens (including phenoxy) is 1. The third-order valence-corrected chi connectivity index (χ3v) is 4.80. The van der Waals surface area contributed by atoms with E-state index in [1.165, 1.54) is 4.90 Å². The van der Waals surface area contributed by atoms with Crippen molar-refractivity contribution in [2.45, 2.75) is 29.4 Å². The van der Waals surface area contributed by atoms with Gasteiger partial charge in [0, 0.05) is 11.6 Å². The van der Waals surface area contributed by atoms with Crippen LogP contribution in [-0.4, -0.2) is 45.6 Å². The van der Waals surface area contributed by atoms with Crippen molar-refractivity contribution >= 4 is 16.7 Å². The minimum absolute atomic E-state index is 0.326. The van der Waals surface area contributed by atoms with Crippen LogP contribution in [0.3, 0.4) is 0 Å². The van der Waals surface area contributed by atoms with Gasteiger partial charge < -0.3 is 20.1 Å². The fraction of sp³-hybridized carbons (Fsp3) is 0.294. The van der Waals surface area contributed by atoms with Gasteiger partial charge in [-0.3, -0.25) is 0 Å². The van der Waals surface area contributed by atoms with Crippen molar-refractivity contribution in [1.29, 1.82) is 0 Å². The first-order chi connectivity index (χ1) is 11.2. The summed E-state index contributed by atoms with van der Waals surface area (Å²) in [6.45, 7) is -0.326. The summed E-state index contributed by atoms with van der Waals surface area (Å²) in [7, 11) is 0. The number of thiol groups is 1. The molecule has 122 valence electrons. The van der Waals surface area contributed by atoms with Gasteiger partial charge in [0.1, 0.15) is 12.2 Å². The van der Waals surface area contributed by atoms with Crippen LogP contribution >= 0.6 is 11.4 Å². The topological polar surface area (TPSA) is 73.8 Å². The molecule has 0 saturated carbocycles. The van der Waals surface area contributed by atoms with Gasteiger partial charge in [0.05, 0.1) is 6.61 Å². The SMILES string of the molecule is OC[C@H]1O[C@@H]([n+]2cccc(C=[SH]c3ccccc3)c2)[C@H](O)[C@@H]1O. The number of aliphatic hydroxyl groups is 3. The lowest BCUT2D eigenvalue weighted by atomic mass is 10.1. The molecule has 0 spiro atoms. The molecule has 0 aliphatic carbocycles. The van der Waals surface area contributed by atoms with E-state index < -0.39 is 24.5 Å². The standard InChI is InChI=1S/C17H20NO4S/c19-10-14-15(20)16(21)17(22-14)18-8-4-5-12(9-18)11-23-13-6-2-1-3-7-13/h1-9,11,14-17,19-21,23H,10H2/q+1/t14-,15-,16-,17-/m1/s1. The Morgan fingerprint density at radius 3 is 2.57 bits per heavy atom. The van der Waals surface area contributed by atoms with Gasteiger partial charge in [-0.2, -0.15) is 15.9 Å². The van der Waals surface area contributed by atoms with E-state index in [1.54, 1.807) is 10.8 Å². The molecule has 0 unspecified atom stereocenters. The Balaban J connectivity index is 1.79. The second-order valence-electron chi connectivity index (χ2n) is 5.41. The maximum Gasteiger partial charge on any atom is 0.292 e. The van der Waals surface area contributed by atoms with Crippen molar-refractivity contribution in [2.75, 3.05) is 6.61 Å². The molecule has 0 bridgehead atoms. The zero-order valence-electron chi connectivity index (χ0n) is 12.4. The molecule has 3 rings (SSSR count). The Hall–Kier alpha value is -1.57. The van der Waals surface area contributed by atoms with E-state index in [1.807, 2.05) is 36.5 Å². The van der Waals surface area contributed by atoms with Crippen LogP contribution in [-0.2, 0) is 4.74 Å². The lowest BCUT2D eigenvalue weighted by Gasteiger charge is -2.09. The van der Waals surface area contributed by atoms with Crippen LogP contribution in [0.25, 0.3) is 0 Å². The van der Waals surface area contributed by atoms with Gasteiger partial charge in [-0.1, -0.05) is 18.2 Å². The summed E-state index contributed by atoms with van der Waals surface area (Å²) in [6, 6.07) is 13.9. The highest BCUT2D eigenvalue weighted by Gasteiger charge is 2.47. The summed E-state index contributed by atoms with van der Waals surface area (Å²) in [5, 5.41) is 31.2. The summed E-state index contributed by atoms with van der Waals surface area (Å²) in [6.07, 6.45) is 0.000984. The Kier molecular flexibility index (Phi) is 5.20. The Labute approximate surface area is 138 Å². The predicted molar refractivity (Wildman–Crippen MR) is 88.5 cm³/mol. The van der Waals surface area contributed by atoms with Crippen LogP contribution in [0.5, 0.6) is 0 Å². The maximum absolute atomic E-state index is 10.1. The zero-order chi connectivity index (χ0) is 16.2. The van der Waals surface area contributed by atoms with Crippen molar-refractivity contribution in [3.8, 4) is 0 Å². The molecule has 1 aromatic carbocycles. The van der Waals surface area contributed by atoms with E-state index in [-0.39, 0.29) is 6.61 Å². The van der Waals surface area contributed by atoms with Crippen molar-refractivity contribution in [1.82, 2.24) is 0 Å². The molecule has 5 nitrogen and oxygen atoms in total. The molecular formula is C17H20NO4S+. The van der Waals surface area contributed by atoms with Crippen molar-refractivity contribution in [3.63, 3.8) is 0 Å².